The Morgan fingerprint density at radius 1 is 0.791 bits per heavy atom. The first kappa shape index (κ1) is 29.5. The third-order valence-corrected chi connectivity index (χ3v) is 8.25. The Morgan fingerprint density at radius 2 is 1.37 bits per heavy atom. The van der Waals surface area contributed by atoms with Gasteiger partial charge in [-0.1, -0.05) is 91.0 Å². The molecule has 0 atom stereocenters. The fraction of sp³-hybridized carbons (Fsp3) is 0.108. The van der Waals surface area contributed by atoms with Crippen molar-refractivity contribution < 1.29 is 17.5 Å². The number of terminal acetylenes is 1. The zero-order valence-corrected chi connectivity index (χ0v) is 24.7. The zero-order valence-electron chi connectivity index (χ0n) is 23.9. The zero-order chi connectivity index (χ0) is 30.2. The smallest absolute Gasteiger partial charge is 0.220 e. The second kappa shape index (κ2) is 13.3. The molecular weight excluding hydrogens is 552 g/mol. The second-order valence-electron chi connectivity index (χ2n) is 10.1. The molecule has 0 aliphatic heterocycles. The second-order valence-corrected chi connectivity index (χ2v) is 11.5. The minimum Gasteiger partial charge on any atom is -0.744 e. The van der Waals surface area contributed by atoms with Gasteiger partial charge in [0.15, 0.2) is 6.54 Å². The van der Waals surface area contributed by atoms with Crippen LogP contribution >= 0.6 is 0 Å². The highest BCUT2D eigenvalue weighted by molar-refractivity contribution is 7.85. The SMILES string of the molecule is C#C[N+](Cc1ccccc1)=C1C=CC(=C(c2ccc(N(CC)Cc3ccccc3)cc2)c2ccccc2S(=O)(=O)[O-])C=C1. The minimum absolute atomic E-state index is 0.258. The summed E-state index contributed by atoms with van der Waals surface area (Å²) in [5, 5.41) is 0. The molecule has 1 aliphatic carbocycles. The maximum Gasteiger partial charge on any atom is 0.220 e. The van der Waals surface area contributed by atoms with Gasteiger partial charge in [0, 0.05) is 42.1 Å². The van der Waals surface area contributed by atoms with E-state index >= 15 is 0 Å². The van der Waals surface area contributed by atoms with E-state index in [1.165, 1.54) is 11.6 Å². The Morgan fingerprint density at radius 3 is 1.95 bits per heavy atom. The standard InChI is InChI=1S/C37H32N2O3S/c1-3-38(27-29-13-7-5-8-14-29)33-23-19-31(20-24-33)37(35-17-11-12-18-36(35)43(40,41)42)32-21-25-34(26-22-32)39(4-2)28-30-15-9-6-10-16-30/h1,5-26H,4,27-28H2,2H3. The molecule has 4 aromatic carbocycles. The molecule has 5 nitrogen and oxygen atoms in total. The Bertz CT molecular complexity index is 1850. The fourth-order valence-electron chi connectivity index (χ4n) is 5.18. The van der Waals surface area contributed by atoms with E-state index in [2.05, 4.69) is 30.0 Å². The summed E-state index contributed by atoms with van der Waals surface area (Å²) >= 11 is 0. The third-order valence-electron chi connectivity index (χ3n) is 7.35. The largest absolute Gasteiger partial charge is 0.744 e. The average molecular weight is 585 g/mol. The van der Waals surface area contributed by atoms with Crippen molar-refractivity contribution in [3.63, 3.8) is 0 Å². The van der Waals surface area contributed by atoms with Gasteiger partial charge >= 0.3 is 0 Å². The first-order valence-electron chi connectivity index (χ1n) is 14.1. The fourth-order valence-corrected chi connectivity index (χ4v) is 5.87. The van der Waals surface area contributed by atoms with E-state index < -0.39 is 10.1 Å². The van der Waals surface area contributed by atoms with Crippen molar-refractivity contribution in [2.24, 2.45) is 0 Å². The van der Waals surface area contributed by atoms with Gasteiger partial charge in [-0.25, -0.2) is 8.42 Å². The van der Waals surface area contributed by atoms with Gasteiger partial charge in [0.25, 0.3) is 0 Å². The summed E-state index contributed by atoms with van der Waals surface area (Å²) in [7, 11) is -4.73. The molecule has 1 aliphatic rings. The Hall–Kier alpha value is -4.96. The summed E-state index contributed by atoms with van der Waals surface area (Å²) < 4.78 is 38.8. The number of hydrogen-bond donors (Lipinski definition) is 0. The van der Waals surface area contributed by atoms with Crippen molar-refractivity contribution in [3.8, 4) is 12.5 Å². The lowest BCUT2D eigenvalue weighted by molar-refractivity contribution is -0.451. The first-order chi connectivity index (χ1) is 20.9. The molecule has 0 heterocycles. The van der Waals surface area contributed by atoms with Crippen molar-refractivity contribution in [2.45, 2.75) is 24.9 Å². The minimum atomic E-state index is -4.73. The molecule has 0 unspecified atom stereocenters. The van der Waals surface area contributed by atoms with Gasteiger partial charge in [-0.2, -0.15) is 0 Å². The van der Waals surface area contributed by atoms with Gasteiger partial charge in [0.1, 0.15) is 10.1 Å². The maximum absolute atomic E-state index is 12.3. The van der Waals surface area contributed by atoms with Gasteiger partial charge in [0.2, 0.25) is 11.8 Å². The lowest BCUT2D eigenvalue weighted by Gasteiger charge is -2.24. The highest BCUT2D eigenvalue weighted by Gasteiger charge is 2.20. The summed E-state index contributed by atoms with van der Waals surface area (Å²) in [6, 6.07) is 37.3. The van der Waals surface area contributed by atoms with Crippen LogP contribution in [0.4, 0.5) is 5.69 Å². The van der Waals surface area contributed by atoms with Crippen LogP contribution in [0.1, 0.15) is 29.2 Å². The highest BCUT2D eigenvalue weighted by atomic mass is 32.2. The van der Waals surface area contributed by atoms with Crippen LogP contribution in [-0.4, -0.2) is 29.8 Å². The Kier molecular flexibility index (Phi) is 9.17. The molecule has 214 valence electrons. The highest BCUT2D eigenvalue weighted by Crippen LogP contribution is 2.34. The first-order valence-corrected chi connectivity index (χ1v) is 15.5. The predicted molar refractivity (Wildman–Crippen MR) is 173 cm³/mol. The van der Waals surface area contributed by atoms with E-state index in [0.717, 1.165) is 41.2 Å². The molecule has 43 heavy (non-hydrogen) atoms. The number of allylic oxidation sites excluding steroid dienone is 5. The molecule has 4 aromatic rings. The van der Waals surface area contributed by atoms with Gasteiger partial charge in [-0.3, -0.25) is 0 Å². The molecular formula is C37H32N2O3S. The molecule has 0 saturated heterocycles. The van der Waals surface area contributed by atoms with E-state index in [1.54, 1.807) is 18.2 Å². The van der Waals surface area contributed by atoms with Gasteiger partial charge in [-0.05, 0) is 66.0 Å². The predicted octanol–water partition coefficient (Wildman–Crippen LogP) is 6.79. The van der Waals surface area contributed by atoms with Gasteiger partial charge in [-0.15, -0.1) is 4.58 Å². The molecule has 0 amide bonds. The van der Waals surface area contributed by atoms with Crippen molar-refractivity contribution >= 4 is 27.1 Å². The van der Waals surface area contributed by atoms with Crippen molar-refractivity contribution in [1.29, 1.82) is 0 Å². The lowest BCUT2D eigenvalue weighted by Crippen LogP contribution is -2.21. The normalized spacial score (nSPS) is 12.6. The molecule has 0 fully saturated rings. The summed E-state index contributed by atoms with van der Waals surface area (Å²) in [6.07, 6.45) is 13.5. The summed E-state index contributed by atoms with van der Waals surface area (Å²) in [5.74, 6) is 0. The van der Waals surface area contributed by atoms with Crippen LogP contribution in [0.5, 0.6) is 0 Å². The van der Waals surface area contributed by atoms with E-state index in [0.29, 0.717) is 17.7 Å². The van der Waals surface area contributed by atoms with E-state index in [4.69, 9.17) is 6.42 Å². The summed E-state index contributed by atoms with van der Waals surface area (Å²) in [4.78, 5) is 2.01. The van der Waals surface area contributed by atoms with Crippen molar-refractivity contribution in [1.82, 2.24) is 0 Å². The molecule has 0 N–H and O–H groups in total. The van der Waals surface area contributed by atoms with Crippen LogP contribution in [0.3, 0.4) is 0 Å². The van der Waals surface area contributed by atoms with Crippen LogP contribution in [0.15, 0.2) is 144 Å². The van der Waals surface area contributed by atoms with Crippen LogP contribution in [0.2, 0.25) is 0 Å². The van der Waals surface area contributed by atoms with Crippen molar-refractivity contribution in [3.05, 3.63) is 161 Å². The van der Waals surface area contributed by atoms with Crippen molar-refractivity contribution in [2.75, 3.05) is 11.4 Å². The van der Waals surface area contributed by atoms with Crippen LogP contribution < -0.4 is 4.90 Å². The van der Waals surface area contributed by atoms with E-state index in [1.807, 2.05) is 102 Å². The van der Waals surface area contributed by atoms with E-state index in [9.17, 15) is 13.0 Å². The lowest BCUT2D eigenvalue weighted by atomic mass is 9.90. The molecule has 5 rings (SSSR count). The summed E-state index contributed by atoms with van der Waals surface area (Å²) in [5.41, 5.74) is 6.72. The van der Waals surface area contributed by atoms with Crippen LogP contribution in [-0.2, 0) is 23.2 Å². The molecule has 0 bridgehead atoms. The number of anilines is 1. The van der Waals surface area contributed by atoms with Crippen LogP contribution in [0, 0.1) is 12.5 Å². The molecule has 0 saturated carbocycles. The van der Waals surface area contributed by atoms with Gasteiger partial charge < -0.3 is 9.45 Å². The quantitative estimate of drug-likeness (QED) is 0.0941. The van der Waals surface area contributed by atoms with Crippen LogP contribution in [0.25, 0.3) is 5.57 Å². The Balaban J connectivity index is 1.57. The topological polar surface area (TPSA) is 63.5 Å². The monoisotopic (exact) mass is 584 g/mol. The average Bonchev–Trinajstić information content (AvgIpc) is 3.04. The molecule has 0 spiro atoms. The third kappa shape index (κ3) is 7.10. The Labute approximate surface area is 254 Å². The molecule has 0 aromatic heterocycles. The van der Waals surface area contributed by atoms with E-state index in [-0.39, 0.29) is 4.90 Å². The molecule has 6 heteroatoms. The number of rotatable bonds is 9. The molecule has 0 radical (unpaired) electrons. The maximum atomic E-state index is 12.3. The number of benzene rings is 4. The number of nitrogens with zero attached hydrogens (tertiary/aromatic N) is 2. The summed E-state index contributed by atoms with van der Waals surface area (Å²) in [6.45, 7) is 4.24. The number of hydrogen-bond acceptors (Lipinski definition) is 4. The van der Waals surface area contributed by atoms with Gasteiger partial charge in [0.05, 0.1) is 4.90 Å².